The van der Waals surface area contributed by atoms with Crippen LogP contribution in [0.1, 0.15) is 19.3 Å². The van der Waals surface area contributed by atoms with Crippen LogP contribution in [0.2, 0.25) is 0 Å². The predicted molar refractivity (Wildman–Crippen MR) is 38.9 cm³/mol. The number of carbonyl (C=O) groups is 2. The van der Waals surface area contributed by atoms with Gasteiger partial charge in [-0.15, -0.1) is 0 Å². The van der Waals surface area contributed by atoms with Crippen LogP contribution in [0.3, 0.4) is 0 Å². The lowest BCUT2D eigenvalue weighted by molar-refractivity contribution is -0.309. The maximum absolute atomic E-state index is 10.4. The summed E-state index contributed by atoms with van der Waals surface area (Å²) in [6.45, 7) is 0.237. The summed E-state index contributed by atoms with van der Waals surface area (Å²) >= 11 is 0. The highest BCUT2D eigenvalue weighted by molar-refractivity contribution is 5.72. The highest BCUT2D eigenvalue weighted by atomic mass is 17.2. The lowest BCUT2D eigenvalue weighted by Crippen LogP contribution is -2.33. The Labute approximate surface area is 74.0 Å². The van der Waals surface area contributed by atoms with E-state index in [1.54, 1.807) is 0 Å². The monoisotopic (exact) mass is 190 g/mol. The Bertz CT molecular complexity index is 199. The van der Waals surface area contributed by atoms with Gasteiger partial charge in [0.15, 0.2) is 0 Å². The van der Waals surface area contributed by atoms with E-state index in [9.17, 15) is 9.59 Å². The predicted octanol–water partition coefficient (Wildman–Crippen LogP) is 0.0265. The van der Waals surface area contributed by atoms with Crippen molar-refractivity contribution >= 4 is 11.9 Å². The molecule has 0 aliphatic carbocycles. The molecule has 0 unspecified atom stereocenters. The van der Waals surface area contributed by atoms with Gasteiger partial charge in [-0.2, -0.15) is 0 Å². The average Bonchev–Trinajstić information content (AvgIpc) is 2.33. The van der Waals surface area contributed by atoms with E-state index in [0.717, 1.165) is 0 Å². The fraction of sp³-hybridized carbons (Fsp3) is 0.714. The summed E-state index contributed by atoms with van der Waals surface area (Å²) in [5.74, 6) is -2.18. The number of carboxylic acid groups (broad SMARTS) is 2. The van der Waals surface area contributed by atoms with E-state index >= 15 is 0 Å². The number of aliphatic carboxylic acids is 2. The van der Waals surface area contributed by atoms with Crippen LogP contribution in [0.25, 0.3) is 0 Å². The smallest absolute Gasteiger partial charge is 0.306 e. The van der Waals surface area contributed by atoms with E-state index in [1.807, 2.05) is 0 Å². The lowest BCUT2D eigenvalue weighted by atomic mass is 9.93. The van der Waals surface area contributed by atoms with Crippen LogP contribution >= 0.6 is 0 Å². The van der Waals surface area contributed by atoms with Gasteiger partial charge in [-0.25, -0.2) is 9.78 Å². The molecule has 74 valence electrons. The van der Waals surface area contributed by atoms with Gasteiger partial charge in [0.25, 0.3) is 0 Å². The molecule has 0 radical (unpaired) electrons. The van der Waals surface area contributed by atoms with Gasteiger partial charge in [0, 0.05) is 6.42 Å². The van der Waals surface area contributed by atoms with E-state index in [4.69, 9.17) is 15.1 Å². The van der Waals surface area contributed by atoms with Crippen LogP contribution in [0, 0.1) is 0 Å². The van der Waals surface area contributed by atoms with Crippen LogP contribution in [-0.2, 0) is 19.4 Å². The van der Waals surface area contributed by atoms with Crippen LogP contribution in [0.4, 0.5) is 0 Å². The van der Waals surface area contributed by atoms with E-state index in [-0.39, 0.29) is 19.4 Å². The molecule has 0 aromatic carbocycles. The normalized spacial score (nSPS) is 20.0. The Balaban J connectivity index is 2.62. The largest absolute Gasteiger partial charge is 0.481 e. The Morgan fingerprint density at radius 2 is 1.77 bits per heavy atom. The molecule has 2 N–H and O–H groups in total. The third-order valence-corrected chi connectivity index (χ3v) is 1.82. The summed E-state index contributed by atoms with van der Waals surface area (Å²) in [4.78, 5) is 30.1. The van der Waals surface area contributed by atoms with Gasteiger partial charge in [-0.1, -0.05) is 0 Å². The van der Waals surface area contributed by atoms with Crippen molar-refractivity contribution in [1.29, 1.82) is 0 Å². The molecular formula is C7H10O6. The number of hydrogen-bond acceptors (Lipinski definition) is 4. The van der Waals surface area contributed by atoms with E-state index in [2.05, 4.69) is 4.89 Å². The molecule has 0 bridgehead atoms. The third-order valence-electron chi connectivity index (χ3n) is 1.82. The molecule has 0 amide bonds. The zero-order chi connectivity index (χ0) is 9.90. The molecule has 0 spiro atoms. The van der Waals surface area contributed by atoms with Crippen molar-refractivity contribution in [3.8, 4) is 0 Å². The number of rotatable bonds is 4. The van der Waals surface area contributed by atoms with Crippen molar-refractivity contribution in [1.82, 2.24) is 0 Å². The van der Waals surface area contributed by atoms with Crippen LogP contribution < -0.4 is 0 Å². The molecule has 6 nitrogen and oxygen atoms in total. The Morgan fingerprint density at radius 1 is 1.23 bits per heavy atom. The maximum atomic E-state index is 10.4. The van der Waals surface area contributed by atoms with Crippen molar-refractivity contribution in [3.05, 3.63) is 0 Å². The Kier molecular flexibility index (Phi) is 2.84. The average molecular weight is 190 g/mol. The molecule has 13 heavy (non-hydrogen) atoms. The molecule has 1 rings (SSSR count). The van der Waals surface area contributed by atoms with Crippen molar-refractivity contribution < 1.29 is 29.6 Å². The minimum Gasteiger partial charge on any atom is -0.481 e. The summed E-state index contributed by atoms with van der Waals surface area (Å²) < 4.78 is 0. The van der Waals surface area contributed by atoms with Crippen LogP contribution in [0.5, 0.6) is 0 Å². The molecular weight excluding hydrogens is 180 g/mol. The first-order chi connectivity index (χ1) is 6.04. The van der Waals surface area contributed by atoms with Crippen LogP contribution in [0.15, 0.2) is 0 Å². The van der Waals surface area contributed by atoms with Gasteiger partial charge in [0.05, 0.1) is 19.4 Å². The Morgan fingerprint density at radius 3 is 2.08 bits per heavy atom. The number of hydrogen-bond donors (Lipinski definition) is 2. The second-order valence-electron chi connectivity index (χ2n) is 2.98. The first kappa shape index (κ1) is 9.94. The van der Waals surface area contributed by atoms with E-state index < -0.39 is 17.5 Å². The number of carboxylic acids is 2. The third kappa shape index (κ3) is 2.67. The molecule has 1 fully saturated rings. The van der Waals surface area contributed by atoms with Crippen molar-refractivity contribution in [2.45, 2.75) is 24.9 Å². The van der Waals surface area contributed by atoms with Gasteiger partial charge < -0.3 is 10.2 Å². The second kappa shape index (κ2) is 3.71. The zero-order valence-electron chi connectivity index (χ0n) is 6.86. The molecule has 0 aromatic rings. The highest BCUT2D eigenvalue weighted by Crippen LogP contribution is 2.30. The molecule has 6 heteroatoms. The lowest BCUT2D eigenvalue weighted by Gasteiger charge is -2.20. The van der Waals surface area contributed by atoms with Gasteiger partial charge in [-0.3, -0.25) is 9.59 Å². The van der Waals surface area contributed by atoms with Gasteiger partial charge in [-0.05, 0) is 0 Å². The molecule has 0 aromatic heterocycles. The molecule has 1 heterocycles. The molecule has 0 saturated carbocycles. The fourth-order valence-corrected chi connectivity index (χ4v) is 1.29. The maximum Gasteiger partial charge on any atom is 0.306 e. The summed E-state index contributed by atoms with van der Waals surface area (Å²) in [5.41, 5.74) is -1.18. The summed E-state index contributed by atoms with van der Waals surface area (Å²) in [6.07, 6.45) is -0.399. The fourth-order valence-electron chi connectivity index (χ4n) is 1.29. The topological polar surface area (TPSA) is 93.1 Å². The highest BCUT2D eigenvalue weighted by Gasteiger charge is 2.41. The summed E-state index contributed by atoms with van der Waals surface area (Å²) in [5, 5.41) is 17.0. The van der Waals surface area contributed by atoms with Gasteiger partial charge in [0.2, 0.25) is 0 Å². The SMILES string of the molecule is O=C(O)CC1(CC(=O)O)CCOO1. The molecule has 1 saturated heterocycles. The van der Waals surface area contributed by atoms with Crippen LogP contribution in [-0.4, -0.2) is 34.4 Å². The van der Waals surface area contributed by atoms with Gasteiger partial charge >= 0.3 is 11.9 Å². The molecule has 0 atom stereocenters. The second-order valence-corrected chi connectivity index (χ2v) is 2.98. The first-order valence-electron chi connectivity index (χ1n) is 3.78. The summed E-state index contributed by atoms with van der Waals surface area (Å²) in [7, 11) is 0. The zero-order valence-corrected chi connectivity index (χ0v) is 6.86. The van der Waals surface area contributed by atoms with Crippen molar-refractivity contribution in [2.75, 3.05) is 6.61 Å². The van der Waals surface area contributed by atoms with Crippen molar-refractivity contribution in [2.24, 2.45) is 0 Å². The van der Waals surface area contributed by atoms with Gasteiger partial charge in [0.1, 0.15) is 5.60 Å². The molecule has 1 aliphatic heterocycles. The minimum atomic E-state index is -1.18. The quantitative estimate of drug-likeness (QED) is 0.607. The Hall–Kier alpha value is -1.14. The summed E-state index contributed by atoms with van der Waals surface area (Å²) in [6, 6.07) is 0. The van der Waals surface area contributed by atoms with Crippen molar-refractivity contribution in [3.63, 3.8) is 0 Å². The standard InChI is InChI=1S/C7H10O6/c8-5(9)3-7(4-6(10)11)1-2-12-13-7/h1-4H2,(H,8,9)(H,10,11). The van der Waals surface area contributed by atoms with E-state index in [0.29, 0.717) is 6.42 Å². The first-order valence-corrected chi connectivity index (χ1v) is 3.78. The molecule has 1 aliphatic rings. The minimum absolute atomic E-state index is 0.237. The van der Waals surface area contributed by atoms with E-state index in [1.165, 1.54) is 0 Å².